The largest absolute Gasteiger partial charge is 0.459 e. The SMILES string of the molecule is CN=C(NCCNc1nccc(C(F)(F)F)n1)NC(C)c1cc2ccccc2o1. The first-order valence-electron chi connectivity index (χ1n) is 8.96. The average Bonchev–Trinajstić information content (AvgIpc) is 3.14. The van der Waals surface area contributed by atoms with Crippen molar-refractivity contribution in [1.29, 1.82) is 0 Å². The van der Waals surface area contributed by atoms with Crippen LogP contribution in [0.15, 0.2) is 52.0 Å². The fourth-order valence-electron chi connectivity index (χ4n) is 2.64. The van der Waals surface area contributed by atoms with Crippen molar-refractivity contribution < 1.29 is 17.6 Å². The van der Waals surface area contributed by atoms with E-state index in [1.54, 1.807) is 7.05 Å². The van der Waals surface area contributed by atoms with Crippen LogP contribution < -0.4 is 16.0 Å². The van der Waals surface area contributed by atoms with E-state index in [0.29, 0.717) is 19.0 Å². The molecule has 0 bridgehead atoms. The number of halogens is 3. The van der Waals surface area contributed by atoms with Crippen LogP contribution in [0.5, 0.6) is 0 Å². The van der Waals surface area contributed by atoms with E-state index >= 15 is 0 Å². The van der Waals surface area contributed by atoms with E-state index in [4.69, 9.17) is 4.42 Å². The van der Waals surface area contributed by atoms with Crippen molar-refractivity contribution in [3.63, 3.8) is 0 Å². The predicted octanol–water partition coefficient (Wildman–Crippen LogP) is 3.58. The zero-order chi connectivity index (χ0) is 20.9. The number of guanidine groups is 1. The van der Waals surface area contributed by atoms with Gasteiger partial charge in [0.25, 0.3) is 0 Å². The molecule has 2 heterocycles. The summed E-state index contributed by atoms with van der Waals surface area (Å²) in [5, 5.41) is 10.1. The molecule has 10 heteroatoms. The standard InChI is InChI=1S/C19H21F3N6O/c1-12(15-11-13-5-3-4-6-14(13)29-15)27-17(23-2)25-9-10-26-18-24-8-7-16(28-18)19(20,21)22/h3-8,11-12H,9-10H2,1-2H3,(H2,23,25,27)(H,24,26,28). The number of nitrogens with zero attached hydrogens (tertiary/aromatic N) is 3. The lowest BCUT2D eigenvalue weighted by Gasteiger charge is -2.16. The molecule has 3 aromatic rings. The lowest BCUT2D eigenvalue weighted by molar-refractivity contribution is -0.141. The molecule has 3 N–H and O–H groups in total. The number of aromatic nitrogens is 2. The van der Waals surface area contributed by atoms with Crippen LogP contribution in [0.4, 0.5) is 19.1 Å². The van der Waals surface area contributed by atoms with E-state index in [-0.39, 0.29) is 12.0 Å². The van der Waals surface area contributed by atoms with E-state index < -0.39 is 11.9 Å². The molecule has 0 radical (unpaired) electrons. The molecule has 154 valence electrons. The summed E-state index contributed by atoms with van der Waals surface area (Å²) >= 11 is 0. The number of alkyl halides is 3. The second-order valence-corrected chi connectivity index (χ2v) is 6.24. The van der Waals surface area contributed by atoms with Crippen molar-refractivity contribution in [1.82, 2.24) is 20.6 Å². The first-order chi connectivity index (χ1) is 13.9. The number of hydrogen-bond acceptors (Lipinski definition) is 5. The number of nitrogens with one attached hydrogen (secondary N) is 3. The maximum atomic E-state index is 12.7. The summed E-state index contributed by atoms with van der Waals surface area (Å²) in [4.78, 5) is 11.4. The van der Waals surface area contributed by atoms with Gasteiger partial charge in [0.05, 0.1) is 6.04 Å². The third kappa shape index (κ3) is 5.37. The fourth-order valence-corrected chi connectivity index (χ4v) is 2.64. The Hall–Kier alpha value is -3.30. The molecule has 1 aromatic carbocycles. The van der Waals surface area contributed by atoms with Gasteiger partial charge >= 0.3 is 6.18 Å². The highest BCUT2D eigenvalue weighted by atomic mass is 19.4. The smallest absolute Gasteiger partial charge is 0.433 e. The van der Waals surface area contributed by atoms with Crippen molar-refractivity contribution in [2.24, 2.45) is 4.99 Å². The summed E-state index contributed by atoms with van der Waals surface area (Å²) in [7, 11) is 1.63. The van der Waals surface area contributed by atoms with Crippen LogP contribution in [0.3, 0.4) is 0 Å². The number of fused-ring (bicyclic) bond motifs is 1. The van der Waals surface area contributed by atoms with Gasteiger partial charge in [-0.1, -0.05) is 18.2 Å². The number of aliphatic imine (C=N–C) groups is 1. The lowest BCUT2D eigenvalue weighted by Crippen LogP contribution is -2.40. The monoisotopic (exact) mass is 406 g/mol. The number of para-hydroxylation sites is 1. The van der Waals surface area contributed by atoms with Crippen LogP contribution in [0.2, 0.25) is 0 Å². The molecule has 1 atom stereocenters. The highest BCUT2D eigenvalue weighted by molar-refractivity contribution is 5.81. The molecule has 0 amide bonds. The molecule has 0 aliphatic rings. The minimum Gasteiger partial charge on any atom is -0.459 e. The molecule has 1 unspecified atom stereocenters. The molecule has 0 saturated heterocycles. The summed E-state index contributed by atoms with van der Waals surface area (Å²) in [6.45, 7) is 2.65. The summed E-state index contributed by atoms with van der Waals surface area (Å²) in [6, 6.07) is 10.4. The van der Waals surface area contributed by atoms with Crippen LogP contribution in [0, 0.1) is 0 Å². The minimum atomic E-state index is -4.50. The predicted molar refractivity (Wildman–Crippen MR) is 105 cm³/mol. The van der Waals surface area contributed by atoms with Crippen molar-refractivity contribution in [2.45, 2.75) is 19.1 Å². The van der Waals surface area contributed by atoms with E-state index in [2.05, 4.69) is 30.9 Å². The second-order valence-electron chi connectivity index (χ2n) is 6.24. The number of rotatable bonds is 6. The Balaban J connectivity index is 1.49. The van der Waals surface area contributed by atoms with Crippen LogP contribution in [0.1, 0.15) is 24.4 Å². The zero-order valence-corrected chi connectivity index (χ0v) is 15.9. The first-order valence-corrected chi connectivity index (χ1v) is 8.96. The topological polar surface area (TPSA) is 87.4 Å². The molecule has 0 aliphatic heterocycles. The maximum absolute atomic E-state index is 12.7. The van der Waals surface area contributed by atoms with Crippen LogP contribution in [-0.4, -0.2) is 36.1 Å². The summed E-state index contributed by atoms with van der Waals surface area (Å²) < 4.78 is 43.9. The molecule has 3 rings (SSSR count). The Morgan fingerprint density at radius 3 is 2.72 bits per heavy atom. The van der Waals surface area contributed by atoms with Crippen LogP contribution in [0.25, 0.3) is 11.0 Å². The summed E-state index contributed by atoms with van der Waals surface area (Å²) in [5.74, 6) is 1.22. The van der Waals surface area contributed by atoms with Crippen molar-refractivity contribution >= 4 is 22.9 Å². The van der Waals surface area contributed by atoms with Crippen LogP contribution in [-0.2, 0) is 6.18 Å². The lowest BCUT2D eigenvalue weighted by atomic mass is 10.2. The van der Waals surface area contributed by atoms with Gasteiger partial charge in [-0.15, -0.1) is 0 Å². The molecule has 0 fully saturated rings. The number of furan rings is 1. The van der Waals surface area contributed by atoms with Gasteiger partial charge in [-0.2, -0.15) is 13.2 Å². The Labute approximate surface area is 165 Å². The fraction of sp³-hybridized carbons (Fsp3) is 0.316. The van der Waals surface area contributed by atoms with Gasteiger partial charge in [0.2, 0.25) is 5.95 Å². The van der Waals surface area contributed by atoms with Gasteiger partial charge in [0.15, 0.2) is 5.96 Å². The number of anilines is 1. The molecule has 0 spiro atoms. The molecule has 2 aromatic heterocycles. The first kappa shape index (κ1) is 20.4. The van der Waals surface area contributed by atoms with E-state index in [1.165, 1.54) is 0 Å². The highest BCUT2D eigenvalue weighted by Crippen LogP contribution is 2.27. The third-order valence-electron chi connectivity index (χ3n) is 4.09. The quantitative estimate of drug-likeness (QED) is 0.330. The van der Waals surface area contributed by atoms with Crippen LogP contribution >= 0.6 is 0 Å². The molecule has 29 heavy (non-hydrogen) atoms. The van der Waals surface area contributed by atoms with E-state index in [0.717, 1.165) is 29.0 Å². The van der Waals surface area contributed by atoms with Crippen molar-refractivity contribution in [2.75, 3.05) is 25.5 Å². The summed E-state index contributed by atoms with van der Waals surface area (Å²) in [5.41, 5.74) is -0.176. The van der Waals surface area contributed by atoms with Gasteiger partial charge in [-0.25, -0.2) is 9.97 Å². The van der Waals surface area contributed by atoms with Crippen molar-refractivity contribution in [3.05, 3.63) is 54.0 Å². The number of hydrogen-bond donors (Lipinski definition) is 3. The third-order valence-corrected chi connectivity index (χ3v) is 4.09. The van der Waals surface area contributed by atoms with Crippen molar-refractivity contribution in [3.8, 4) is 0 Å². The normalized spacial score (nSPS) is 13.3. The Kier molecular flexibility index (Phi) is 6.20. The molecule has 0 saturated carbocycles. The van der Waals surface area contributed by atoms with Gasteiger partial charge in [0.1, 0.15) is 17.0 Å². The van der Waals surface area contributed by atoms with Gasteiger partial charge in [0, 0.05) is 31.7 Å². The van der Waals surface area contributed by atoms with E-state index in [9.17, 15) is 13.2 Å². The Morgan fingerprint density at radius 1 is 1.21 bits per heavy atom. The molecular weight excluding hydrogens is 385 g/mol. The van der Waals surface area contributed by atoms with Gasteiger partial charge in [-0.05, 0) is 25.1 Å². The molecular formula is C19H21F3N6O. The number of benzene rings is 1. The van der Waals surface area contributed by atoms with Gasteiger partial charge in [-0.3, -0.25) is 4.99 Å². The molecule has 0 aliphatic carbocycles. The molecule has 7 nitrogen and oxygen atoms in total. The van der Waals surface area contributed by atoms with E-state index in [1.807, 2.05) is 37.3 Å². The second kappa shape index (κ2) is 8.80. The zero-order valence-electron chi connectivity index (χ0n) is 15.9. The average molecular weight is 406 g/mol. The summed E-state index contributed by atoms with van der Waals surface area (Å²) in [6.07, 6.45) is -3.43. The highest BCUT2D eigenvalue weighted by Gasteiger charge is 2.32. The Morgan fingerprint density at radius 2 is 2.00 bits per heavy atom. The maximum Gasteiger partial charge on any atom is 0.433 e. The van der Waals surface area contributed by atoms with Gasteiger partial charge < -0.3 is 20.4 Å². The Bertz CT molecular complexity index is 952. The minimum absolute atomic E-state index is 0.0831.